The number of halogens is 1. The van der Waals surface area contributed by atoms with E-state index in [-0.39, 0.29) is 0 Å². The van der Waals surface area contributed by atoms with Crippen LogP contribution in [0.4, 0.5) is 0 Å². The summed E-state index contributed by atoms with van der Waals surface area (Å²) in [7, 11) is 2.18. The topological polar surface area (TPSA) is 29.0 Å². The Morgan fingerprint density at radius 1 is 1.30 bits per heavy atom. The van der Waals surface area contributed by atoms with E-state index in [1.54, 1.807) is 11.3 Å². The van der Waals surface area contributed by atoms with Gasteiger partial charge in [0.05, 0.1) is 6.54 Å². The van der Waals surface area contributed by atoms with Gasteiger partial charge < -0.3 is 0 Å². The molecule has 1 fully saturated rings. The molecule has 2 aromatic heterocycles. The van der Waals surface area contributed by atoms with Crippen LogP contribution < -0.4 is 0 Å². The Balaban J connectivity index is 1.72. The lowest BCUT2D eigenvalue weighted by atomic mass is 9.87. The molecule has 0 atom stereocenters. The Hall–Kier alpha value is -0.710. The molecule has 1 saturated carbocycles. The number of hydrogen-bond donors (Lipinski definition) is 0. The Bertz CT molecular complexity index is 590. The molecule has 2 heterocycles. The third-order valence-electron chi connectivity index (χ3n) is 4.32. The first-order valence-electron chi connectivity index (χ1n) is 7.23. The van der Waals surface area contributed by atoms with E-state index in [1.165, 1.54) is 25.7 Å². The van der Waals surface area contributed by atoms with Crippen molar-refractivity contribution < 1.29 is 0 Å². The van der Waals surface area contributed by atoms with Gasteiger partial charge >= 0.3 is 0 Å². The molecular formula is C15H20ClN3S. The maximum atomic E-state index is 6.23. The standard InChI is InChI=1S/C15H20ClN3S/c1-10-3-5-11(6-4-10)19(2)9-13-17-14(16)12-7-8-20-15(12)18-13/h7-8,10-11H,3-6,9H2,1-2H3. The normalized spacial score (nSPS) is 23.6. The lowest BCUT2D eigenvalue weighted by Crippen LogP contribution is -2.34. The molecule has 3 nitrogen and oxygen atoms in total. The van der Waals surface area contributed by atoms with E-state index in [4.69, 9.17) is 11.6 Å². The van der Waals surface area contributed by atoms with Crippen LogP contribution in [-0.4, -0.2) is 28.0 Å². The van der Waals surface area contributed by atoms with E-state index >= 15 is 0 Å². The van der Waals surface area contributed by atoms with Gasteiger partial charge in [-0.3, -0.25) is 4.90 Å². The van der Waals surface area contributed by atoms with Gasteiger partial charge in [-0.15, -0.1) is 11.3 Å². The third kappa shape index (κ3) is 2.97. The van der Waals surface area contributed by atoms with Crippen LogP contribution in [0, 0.1) is 5.92 Å². The quantitative estimate of drug-likeness (QED) is 0.789. The van der Waals surface area contributed by atoms with Gasteiger partial charge in [0, 0.05) is 11.4 Å². The van der Waals surface area contributed by atoms with Crippen molar-refractivity contribution in [3.63, 3.8) is 0 Å². The van der Waals surface area contributed by atoms with E-state index in [2.05, 4.69) is 28.8 Å². The molecule has 3 rings (SSSR count). The zero-order valence-corrected chi connectivity index (χ0v) is 13.5. The zero-order valence-electron chi connectivity index (χ0n) is 12.0. The molecule has 20 heavy (non-hydrogen) atoms. The number of rotatable bonds is 3. The van der Waals surface area contributed by atoms with Crippen molar-refractivity contribution in [2.24, 2.45) is 5.92 Å². The van der Waals surface area contributed by atoms with Crippen LogP contribution in [0.15, 0.2) is 11.4 Å². The molecule has 5 heteroatoms. The van der Waals surface area contributed by atoms with Crippen molar-refractivity contribution in [1.29, 1.82) is 0 Å². The fourth-order valence-electron chi connectivity index (χ4n) is 2.97. The fraction of sp³-hybridized carbons (Fsp3) is 0.600. The van der Waals surface area contributed by atoms with Gasteiger partial charge in [0.15, 0.2) is 0 Å². The van der Waals surface area contributed by atoms with E-state index < -0.39 is 0 Å². The second kappa shape index (κ2) is 5.96. The molecule has 0 unspecified atom stereocenters. The number of nitrogens with zero attached hydrogens (tertiary/aromatic N) is 3. The highest BCUT2D eigenvalue weighted by atomic mass is 35.5. The molecule has 0 saturated heterocycles. The van der Waals surface area contributed by atoms with E-state index in [1.807, 2.05) is 11.4 Å². The van der Waals surface area contributed by atoms with Crippen molar-refractivity contribution in [2.75, 3.05) is 7.05 Å². The maximum absolute atomic E-state index is 6.23. The summed E-state index contributed by atoms with van der Waals surface area (Å²) in [6, 6.07) is 2.64. The summed E-state index contributed by atoms with van der Waals surface area (Å²) in [6.07, 6.45) is 5.24. The SMILES string of the molecule is CC1CCC(N(C)Cc2nc(Cl)c3ccsc3n2)CC1. The van der Waals surface area contributed by atoms with Crippen molar-refractivity contribution >= 4 is 33.2 Å². The van der Waals surface area contributed by atoms with Gasteiger partial charge in [0.2, 0.25) is 0 Å². The van der Waals surface area contributed by atoms with Crippen LogP contribution >= 0.6 is 22.9 Å². The van der Waals surface area contributed by atoms with Gasteiger partial charge in [-0.25, -0.2) is 9.97 Å². The van der Waals surface area contributed by atoms with E-state index in [0.717, 1.165) is 28.5 Å². The molecule has 108 valence electrons. The molecule has 2 aromatic rings. The van der Waals surface area contributed by atoms with Crippen LogP contribution in [-0.2, 0) is 6.54 Å². The Morgan fingerprint density at radius 2 is 2.05 bits per heavy atom. The van der Waals surface area contributed by atoms with E-state index in [9.17, 15) is 0 Å². The van der Waals surface area contributed by atoms with Gasteiger partial charge in [-0.2, -0.15) is 0 Å². The van der Waals surface area contributed by atoms with Crippen molar-refractivity contribution in [2.45, 2.75) is 45.2 Å². The molecule has 0 radical (unpaired) electrons. The highest BCUT2D eigenvalue weighted by molar-refractivity contribution is 7.16. The van der Waals surface area contributed by atoms with Gasteiger partial charge in [0.1, 0.15) is 15.8 Å². The number of thiophene rings is 1. The van der Waals surface area contributed by atoms with Crippen molar-refractivity contribution in [3.8, 4) is 0 Å². The molecule has 0 bridgehead atoms. The minimum atomic E-state index is 0.580. The van der Waals surface area contributed by atoms with E-state index in [0.29, 0.717) is 11.2 Å². The van der Waals surface area contributed by atoms with Crippen molar-refractivity contribution in [3.05, 3.63) is 22.4 Å². The Labute approximate surface area is 129 Å². The highest BCUT2D eigenvalue weighted by Crippen LogP contribution is 2.28. The first-order chi connectivity index (χ1) is 9.63. The molecular weight excluding hydrogens is 290 g/mol. The lowest BCUT2D eigenvalue weighted by Gasteiger charge is -2.33. The monoisotopic (exact) mass is 309 g/mol. The average molecular weight is 310 g/mol. The fourth-order valence-corrected chi connectivity index (χ4v) is 4.06. The predicted molar refractivity (Wildman–Crippen MR) is 85.3 cm³/mol. The van der Waals surface area contributed by atoms with Crippen LogP contribution in [0.1, 0.15) is 38.4 Å². The van der Waals surface area contributed by atoms with Crippen LogP contribution in [0.5, 0.6) is 0 Å². The molecule has 1 aliphatic rings. The van der Waals surface area contributed by atoms with Crippen LogP contribution in [0.25, 0.3) is 10.2 Å². The summed E-state index contributed by atoms with van der Waals surface area (Å²) in [5.74, 6) is 1.72. The van der Waals surface area contributed by atoms with Crippen molar-refractivity contribution in [1.82, 2.24) is 14.9 Å². The summed E-state index contributed by atoms with van der Waals surface area (Å²) in [4.78, 5) is 12.4. The predicted octanol–water partition coefficient (Wildman–Crippen LogP) is 4.36. The maximum Gasteiger partial charge on any atom is 0.145 e. The van der Waals surface area contributed by atoms with Crippen LogP contribution in [0.3, 0.4) is 0 Å². The molecule has 0 amide bonds. The molecule has 0 aliphatic heterocycles. The summed E-state index contributed by atoms with van der Waals surface area (Å²) in [5.41, 5.74) is 0. The summed E-state index contributed by atoms with van der Waals surface area (Å²) < 4.78 is 0. The number of fused-ring (bicyclic) bond motifs is 1. The molecule has 0 aromatic carbocycles. The molecule has 0 N–H and O–H groups in total. The molecule has 1 aliphatic carbocycles. The number of hydrogen-bond acceptors (Lipinski definition) is 4. The zero-order chi connectivity index (χ0) is 14.1. The highest BCUT2D eigenvalue weighted by Gasteiger charge is 2.22. The van der Waals surface area contributed by atoms with Gasteiger partial charge in [-0.1, -0.05) is 18.5 Å². The summed E-state index contributed by atoms with van der Waals surface area (Å²) in [5, 5.41) is 3.56. The number of aromatic nitrogens is 2. The summed E-state index contributed by atoms with van der Waals surface area (Å²) in [6.45, 7) is 3.14. The average Bonchev–Trinajstić information content (AvgIpc) is 2.88. The minimum Gasteiger partial charge on any atom is -0.296 e. The Morgan fingerprint density at radius 3 is 2.80 bits per heavy atom. The largest absolute Gasteiger partial charge is 0.296 e. The van der Waals surface area contributed by atoms with Gasteiger partial charge in [-0.05, 0) is 50.1 Å². The molecule has 0 spiro atoms. The van der Waals surface area contributed by atoms with Gasteiger partial charge in [0.25, 0.3) is 0 Å². The second-order valence-corrected chi connectivity index (χ2v) is 7.15. The smallest absolute Gasteiger partial charge is 0.145 e. The lowest BCUT2D eigenvalue weighted by molar-refractivity contribution is 0.161. The Kier molecular flexibility index (Phi) is 4.24. The van der Waals surface area contributed by atoms with Crippen LogP contribution in [0.2, 0.25) is 5.15 Å². The second-order valence-electron chi connectivity index (χ2n) is 5.90. The third-order valence-corrected chi connectivity index (χ3v) is 5.42. The first kappa shape index (κ1) is 14.2. The first-order valence-corrected chi connectivity index (χ1v) is 8.49. The minimum absolute atomic E-state index is 0.580. The summed E-state index contributed by atoms with van der Waals surface area (Å²) >= 11 is 7.85.